The van der Waals surface area contributed by atoms with Crippen molar-refractivity contribution < 1.29 is 23.1 Å². The molecule has 1 aromatic carbocycles. The first-order valence-electron chi connectivity index (χ1n) is 9.98. The van der Waals surface area contributed by atoms with Crippen molar-refractivity contribution in [3.05, 3.63) is 34.9 Å². The molecule has 1 heterocycles. The van der Waals surface area contributed by atoms with Gasteiger partial charge in [0.25, 0.3) is 0 Å². The van der Waals surface area contributed by atoms with E-state index in [1.165, 1.54) is 0 Å². The molecule has 1 aliphatic rings. The van der Waals surface area contributed by atoms with Crippen molar-refractivity contribution >= 4 is 33.3 Å². The lowest BCUT2D eigenvalue weighted by Gasteiger charge is -2.49. The van der Waals surface area contributed by atoms with Gasteiger partial charge in [0.2, 0.25) is 5.91 Å². The summed E-state index contributed by atoms with van der Waals surface area (Å²) in [5.74, 6) is -1.34. The first kappa shape index (κ1) is 23.7. The summed E-state index contributed by atoms with van der Waals surface area (Å²) in [5, 5.41) is 9.17. The molecule has 1 amide bonds. The number of benzene rings is 1. The fraction of sp³-hybridized carbons (Fsp3) is 0.619. The van der Waals surface area contributed by atoms with Crippen molar-refractivity contribution in [2.45, 2.75) is 70.7 Å². The summed E-state index contributed by atoms with van der Waals surface area (Å²) >= 11 is 6.01. The molecule has 0 aromatic heterocycles. The Morgan fingerprint density at radius 2 is 1.90 bits per heavy atom. The molecule has 29 heavy (non-hydrogen) atoms. The Bertz CT molecular complexity index is 854. The lowest BCUT2D eigenvalue weighted by atomic mass is 9.74. The number of carbonyl (C=O) groups is 2. The van der Waals surface area contributed by atoms with Gasteiger partial charge >= 0.3 is 5.97 Å². The van der Waals surface area contributed by atoms with Crippen LogP contribution in [0.3, 0.4) is 0 Å². The van der Waals surface area contributed by atoms with Gasteiger partial charge in [-0.25, -0.2) is 8.42 Å². The SMILES string of the molecule is CCC(C(C)S(=O)(=O)CC)N1C(=O)C(C)(CC(=O)O)CCC1c1ccc(Cl)cc1. The van der Waals surface area contributed by atoms with Gasteiger partial charge in [0.1, 0.15) is 0 Å². The number of carboxylic acids is 1. The zero-order chi connectivity index (χ0) is 22.0. The number of carboxylic acid groups (broad SMARTS) is 1. The molecule has 0 saturated carbocycles. The minimum Gasteiger partial charge on any atom is -0.481 e. The fourth-order valence-corrected chi connectivity index (χ4v) is 5.76. The van der Waals surface area contributed by atoms with Crippen LogP contribution < -0.4 is 0 Å². The van der Waals surface area contributed by atoms with Gasteiger partial charge in [-0.15, -0.1) is 0 Å². The fourth-order valence-electron chi connectivity index (χ4n) is 4.30. The third-order valence-corrected chi connectivity index (χ3v) is 8.64. The monoisotopic (exact) mass is 443 g/mol. The van der Waals surface area contributed by atoms with Crippen LogP contribution in [-0.2, 0) is 19.4 Å². The molecule has 6 nitrogen and oxygen atoms in total. The maximum atomic E-state index is 13.6. The molecular weight excluding hydrogens is 414 g/mol. The van der Waals surface area contributed by atoms with Crippen LogP contribution in [0.15, 0.2) is 24.3 Å². The zero-order valence-corrected chi connectivity index (χ0v) is 19.0. The van der Waals surface area contributed by atoms with E-state index in [1.54, 1.807) is 37.8 Å². The van der Waals surface area contributed by atoms with E-state index in [9.17, 15) is 23.1 Å². The van der Waals surface area contributed by atoms with Crippen LogP contribution in [0.5, 0.6) is 0 Å². The van der Waals surface area contributed by atoms with Gasteiger partial charge in [0.05, 0.1) is 23.1 Å². The maximum absolute atomic E-state index is 13.6. The summed E-state index contributed by atoms with van der Waals surface area (Å²) < 4.78 is 25.3. The number of aliphatic carboxylic acids is 1. The molecule has 1 N–H and O–H groups in total. The van der Waals surface area contributed by atoms with Crippen LogP contribution >= 0.6 is 11.6 Å². The third-order valence-electron chi connectivity index (χ3n) is 6.14. The topological polar surface area (TPSA) is 91.8 Å². The number of halogens is 1. The largest absolute Gasteiger partial charge is 0.481 e. The number of carbonyl (C=O) groups excluding carboxylic acids is 1. The Morgan fingerprint density at radius 1 is 1.31 bits per heavy atom. The molecule has 1 saturated heterocycles. The van der Waals surface area contributed by atoms with Gasteiger partial charge in [-0.05, 0) is 43.9 Å². The molecule has 8 heteroatoms. The average molecular weight is 444 g/mol. The summed E-state index contributed by atoms with van der Waals surface area (Å²) in [6.45, 7) is 6.77. The van der Waals surface area contributed by atoms with Gasteiger partial charge < -0.3 is 10.0 Å². The van der Waals surface area contributed by atoms with Crippen LogP contribution in [0.1, 0.15) is 65.0 Å². The molecule has 0 bridgehead atoms. The highest BCUT2D eigenvalue weighted by molar-refractivity contribution is 7.92. The van der Waals surface area contributed by atoms with Gasteiger partial charge in [-0.1, -0.05) is 44.5 Å². The summed E-state index contributed by atoms with van der Waals surface area (Å²) in [6.07, 6.45) is 1.17. The number of piperidine rings is 1. The first-order valence-corrected chi connectivity index (χ1v) is 12.1. The summed E-state index contributed by atoms with van der Waals surface area (Å²) in [7, 11) is -3.39. The van der Waals surface area contributed by atoms with Gasteiger partial charge in [-0.3, -0.25) is 9.59 Å². The highest BCUT2D eigenvalue weighted by Crippen LogP contribution is 2.45. The molecule has 4 atom stereocenters. The number of nitrogens with zero attached hydrogens (tertiary/aromatic N) is 1. The molecule has 1 aromatic rings. The van der Waals surface area contributed by atoms with Crippen LogP contribution in [0.4, 0.5) is 0 Å². The van der Waals surface area contributed by atoms with Crippen molar-refractivity contribution in [1.82, 2.24) is 4.90 Å². The van der Waals surface area contributed by atoms with E-state index in [1.807, 2.05) is 19.1 Å². The second kappa shape index (κ2) is 9.04. The number of amides is 1. The number of hydrogen-bond acceptors (Lipinski definition) is 4. The molecule has 4 unspecified atom stereocenters. The predicted molar refractivity (Wildman–Crippen MR) is 114 cm³/mol. The maximum Gasteiger partial charge on any atom is 0.304 e. The number of rotatable bonds is 8. The molecule has 0 radical (unpaired) electrons. The highest BCUT2D eigenvalue weighted by atomic mass is 35.5. The molecule has 1 fully saturated rings. The lowest BCUT2D eigenvalue weighted by Crippen LogP contribution is -2.57. The second-order valence-electron chi connectivity index (χ2n) is 8.08. The quantitative estimate of drug-likeness (QED) is 0.653. The van der Waals surface area contributed by atoms with Crippen LogP contribution in [0.2, 0.25) is 5.02 Å². The smallest absolute Gasteiger partial charge is 0.304 e. The molecule has 0 spiro atoms. The molecule has 162 valence electrons. The minimum atomic E-state index is -3.39. The van der Waals surface area contributed by atoms with E-state index in [4.69, 9.17) is 11.6 Å². The van der Waals surface area contributed by atoms with Crippen LogP contribution in [0.25, 0.3) is 0 Å². The van der Waals surface area contributed by atoms with Crippen molar-refractivity contribution in [2.75, 3.05) is 5.75 Å². The predicted octanol–water partition coefficient (Wildman–Crippen LogP) is 4.09. The van der Waals surface area contributed by atoms with Gasteiger partial charge in [0.15, 0.2) is 9.84 Å². The van der Waals surface area contributed by atoms with E-state index in [-0.39, 0.29) is 24.1 Å². The van der Waals surface area contributed by atoms with Crippen LogP contribution in [-0.4, -0.2) is 47.3 Å². The Labute approximate surface area is 178 Å². The van der Waals surface area contributed by atoms with E-state index in [2.05, 4.69) is 0 Å². The molecule has 1 aliphatic heterocycles. The van der Waals surface area contributed by atoms with E-state index in [0.717, 1.165) is 5.56 Å². The zero-order valence-electron chi connectivity index (χ0n) is 17.4. The average Bonchev–Trinajstić information content (AvgIpc) is 2.66. The lowest BCUT2D eigenvalue weighted by molar-refractivity contribution is -0.159. The van der Waals surface area contributed by atoms with Crippen molar-refractivity contribution in [2.24, 2.45) is 5.41 Å². The Hall–Kier alpha value is -1.60. The number of hydrogen-bond donors (Lipinski definition) is 1. The van der Waals surface area contributed by atoms with Crippen molar-refractivity contribution in [1.29, 1.82) is 0 Å². The van der Waals surface area contributed by atoms with E-state index in [0.29, 0.717) is 24.3 Å². The number of likely N-dealkylation sites (tertiary alicyclic amines) is 1. The standard InChI is InChI=1S/C21H30ClNO5S/c1-5-17(14(3)29(27,28)6-2)23-18(15-7-9-16(22)10-8-15)11-12-21(4,20(23)26)13-19(24)25/h7-10,14,17-18H,5-6,11-13H2,1-4H3,(H,24,25). The van der Waals surface area contributed by atoms with Crippen molar-refractivity contribution in [3.8, 4) is 0 Å². The number of sulfone groups is 1. The highest BCUT2D eigenvalue weighted by Gasteiger charge is 2.49. The Balaban J connectivity index is 2.55. The Kier molecular flexibility index (Phi) is 7.38. The minimum absolute atomic E-state index is 0.00922. The molecule has 2 rings (SSSR count). The Morgan fingerprint density at radius 3 is 2.38 bits per heavy atom. The summed E-state index contributed by atoms with van der Waals surface area (Å²) in [6, 6.07) is 6.33. The molecule has 0 aliphatic carbocycles. The summed E-state index contributed by atoms with van der Waals surface area (Å²) in [5.41, 5.74) is -0.183. The van der Waals surface area contributed by atoms with E-state index >= 15 is 0 Å². The van der Waals surface area contributed by atoms with Crippen molar-refractivity contribution in [3.63, 3.8) is 0 Å². The van der Waals surface area contributed by atoms with Crippen LogP contribution in [0, 0.1) is 5.41 Å². The van der Waals surface area contributed by atoms with E-state index < -0.39 is 32.5 Å². The third kappa shape index (κ3) is 4.94. The van der Waals surface area contributed by atoms with Gasteiger partial charge in [0, 0.05) is 16.8 Å². The molecular formula is C21H30ClNO5S. The normalized spacial score (nSPS) is 24.9. The first-order chi connectivity index (χ1) is 13.5. The summed E-state index contributed by atoms with van der Waals surface area (Å²) in [4.78, 5) is 26.7. The second-order valence-corrected chi connectivity index (χ2v) is 11.2. The van der Waals surface area contributed by atoms with Gasteiger partial charge in [-0.2, -0.15) is 0 Å².